The molecule has 2 amide bonds. The number of rotatable bonds is 3. The van der Waals surface area contributed by atoms with E-state index in [0.717, 1.165) is 6.42 Å². The van der Waals surface area contributed by atoms with Crippen molar-refractivity contribution in [3.8, 4) is 0 Å². The van der Waals surface area contributed by atoms with Crippen molar-refractivity contribution in [2.75, 3.05) is 11.9 Å². The molecule has 0 fully saturated rings. The molecule has 8 nitrogen and oxygen atoms in total. The molecule has 3 aromatic rings. The molecule has 0 radical (unpaired) electrons. The largest absolute Gasteiger partial charge is 0.331 e. The van der Waals surface area contributed by atoms with Gasteiger partial charge >= 0.3 is 0 Å². The molecule has 0 saturated heterocycles. The highest BCUT2D eigenvalue weighted by Crippen LogP contribution is 2.20. The van der Waals surface area contributed by atoms with Crippen molar-refractivity contribution in [3.05, 3.63) is 65.5 Å². The van der Waals surface area contributed by atoms with E-state index in [1.807, 2.05) is 0 Å². The van der Waals surface area contributed by atoms with Crippen LogP contribution in [0.25, 0.3) is 0 Å². The Morgan fingerprint density at radius 1 is 1.22 bits per heavy atom. The van der Waals surface area contributed by atoms with E-state index in [1.54, 1.807) is 21.7 Å². The number of hydrogen-bond donors (Lipinski definition) is 2. The van der Waals surface area contributed by atoms with Crippen molar-refractivity contribution in [1.82, 2.24) is 24.9 Å². The number of aryl methyl sites for hydroxylation is 1. The average Bonchev–Trinajstić information content (AvgIpc) is 3.27. The summed E-state index contributed by atoms with van der Waals surface area (Å²) < 4.78 is 15.1. The van der Waals surface area contributed by atoms with Gasteiger partial charge < -0.3 is 10.2 Å². The van der Waals surface area contributed by atoms with E-state index in [-0.39, 0.29) is 12.5 Å². The summed E-state index contributed by atoms with van der Waals surface area (Å²) in [6, 6.07) is 7.29. The van der Waals surface area contributed by atoms with Crippen LogP contribution in [-0.2, 0) is 13.1 Å². The first-order valence-electron chi connectivity index (χ1n) is 8.52. The Morgan fingerprint density at radius 3 is 2.89 bits per heavy atom. The number of halogens is 1. The molecule has 0 bridgehead atoms. The Bertz CT molecular complexity index is 982. The van der Waals surface area contributed by atoms with E-state index in [9.17, 15) is 14.0 Å². The summed E-state index contributed by atoms with van der Waals surface area (Å²) in [5.74, 6) is -1.01. The number of anilines is 1. The van der Waals surface area contributed by atoms with Crippen LogP contribution in [0.4, 0.5) is 10.1 Å². The minimum Gasteiger partial charge on any atom is -0.331 e. The molecular formula is C18H17FN6O2. The molecule has 27 heavy (non-hydrogen) atoms. The summed E-state index contributed by atoms with van der Waals surface area (Å²) in [5.41, 5.74) is 1.77. The smallest absolute Gasteiger partial charge is 0.272 e. The molecule has 4 rings (SSSR count). The molecule has 0 unspecified atom stereocenters. The van der Waals surface area contributed by atoms with Gasteiger partial charge in [-0.25, -0.2) is 4.39 Å². The molecule has 2 aromatic heterocycles. The van der Waals surface area contributed by atoms with Gasteiger partial charge in [-0.2, -0.15) is 10.2 Å². The monoisotopic (exact) mass is 368 g/mol. The van der Waals surface area contributed by atoms with Gasteiger partial charge in [0.2, 0.25) is 0 Å². The molecule has 1 aliphatic rings. The standard InChI is InChI=1S/C18H17FN6O2/c19-12-3-1-4-13(9-12)22-17(26)14-10-21-25-8-2-7-24(11-16(14)25)18(27)15-5-6-20-23-15/h1,3-6,9-10H,2,7-8,11H2,(H,20,23)(H,22,26). The van der Waals surface area contributed by atoms with Crippen LogP contribution < -0.4 is 5.32 Å². The summed E-state index contributed by atoms with van der Waals surface area (Å²) in [4.78, 5) is 27.0. The Labute approximate surface area is 154 Å². The summed E-state index contributed by atoms with van der Waals surface area (Å²) >= 11 is 0. The highest BCUT2D eigenvalue weighted by Gasteiger charge is 2.26. The summed E-state index contributed by atoms with van der Waals surface area (Å²) in [7, 11) is 0. The van der Waals surface area contributed by atoms with Crippen LogP contribution >= 0.6 is 0 Å². The lowest BCUT2D eigenvalue weighted by molar-refractivity contribution is 0.0738. The van der Waals surface area contributed by atoms with Gasteiger partial charge in [-0.05, 0) is 30.7 Å². The van der Waals surface area contributed by atoms with E-state index in [0.29, 0.717) is 35.7 Å². The Hall–Kier alpha value is -3.49. The first-order valence-corrected chi connectivity index (χ1v) is 8.52. The highest BCUT2D eigenvalue weighted by molar-refractivity contribution is 6.05. The number of hydrogen-bond acceptors (Lipinski definition) is 4. The van der Waals surface area contributed by atoms with Crippen molar-refractivity contribution >= 4 is 17.5 Å². The van der Waals surface area contributed by atoms with Crippen molar-refractivity contribution in [2.24, 2.45) is 0 Å². The maximum atomic E-state index is 13.3. The number of amides is 2. The lowest BCUT2D eigenvalue weighted by Crippen LogP contribution is -2.31. The molecule has 3 heterocycles. The van der Waals surface area contributed by atoms with Crippen LogP contribution in [0.1, 0.15) is 33.0 Å². The van der Waals surface area contributed by atoms with Crippen LogP contribution in [-0.4, -0.2) is 43.2 Å². The molecule has 0 aliphatic carbocycles. The minimum atomic E-state index is -0.432. The third-order valence-corrected chi connectivity index (χ3v) is 4.43. The molecule has 1 aromatic carbocycles. The van der Waals surface area contributed by atoms with Gasteiger partial charge in [0.15, 0.2) is 0 Å². The maximum absolute atomic E-state index is 13.3. The SMILES string of the molecule is O=C(Nc1cccc(F)c1)c1cnn2c1CN(C(=O)c1ccn[nH]1)CCC2. The van der Waals surface area contributed by atoms with E-state index in [2.05, 4.69) is 20.6 Å². The van der Waals surface area contributed by atoms with Gasteiger partial charge in [0.1, 0.15) is 11.5 Å². The van der Waals surface area contributed by atoms with Gasteiger partial charge in [-0.15, -0.1) is 0 Å². The number of aromatic nitrogens is 4. The van der Waals surface area contributed by atoms with Gasteiger partial charge in [-0.3, -0.25) is 19.4 Å². The van der Waals surface area contributed by atoms with Crippen LogP contribution in [0.5, 0.6) is 0 Å². The predicted molar refractivity (Wildman–Crippen MR) is 94.5 cm³/mol. The van der Waals surface area contributed by atoms with Gasteiger partial charge in [0.25, 0.3) is 11.8 Å². The van der Waals surface area contributed by atoms with E-state index in [4.69, 9.17) is 0 Å². The number of nitrogens with one attached hydrogen (secondary N) is 2. The molecule has 0 spiro atoms. The lowest BCUT2D eigenvalue weighted by atomic mass is 10.2. The van der Waals surface area contributed by atoms with Crippen LogP contribution in [0.15, 0.2) is 42.7 Å². The van der Waals surface area contributed by atoms with Gasteiger partial charge in [-0.1, -0.05) is 6.07 Å². The fourth-order valence-corrected chi connectivity index (χ4v) is 3.11. The number of nitrogens with zero attached hydrogens (tertiary/aromatic N) is 4. The molecule has 9 heteroatoms. The van der Waals surface area contributed by atoms with E-state index in [1.165, 1.54) is 30.6 Å². The number of fused-ring (bicyclic) bond motifs is 1. The Balaban J connectivity index is 1.58. The second-order valence-corrected chi connectivity index (χ2v) is 6.24. The molecular weight excluding hydrogens is 351 g/mol. The number of carbonyl (C=O) groups excluding carboxylic acids is 2. The number of benzene rings is 1. The third kappa shape index (κ3) is 3.43. The zero-order valence-corrected chi connectivity index (χ0v) is 14.4. The summed E-state index contributed by atoms with van der Waals surface area (Å²) in [6.45, 7) is 1.41. The summed E-state index contributed by atoms with van der Waals surface area (Å²) in [5, 5.41) is 13.4. The quantitative estimate of drug-likeness (QED) is 0.739. The van der Waals surface area contributed by atoms with Crippen molar-refractivity contribution < 1.29 is 14.0 Å². The lowest BCUT2D eigenvalue weighted by Gasteiger charge is -2.19. The number of H-pyrrole nitrogens is 1. The maximum Gasteiger partial charge on any atom is 0.272 e. The zero-order chi connectivity index (χ0) is 18.8. The second-order valence-electron chi connectivity index (χ2n) is 6.24. The third-order valence-electron chi connectivity index (χ3n) is 4.43. The molecule has 2 N–H and O–H groups in total. The van der Waals surface area contributed by atoms with Crippen molar-refractivity contribution in [2.45, 2.75) is 19.5 Å². The van der Waals surface area contributed by atoms with Crippen LogP contribution in [0.3, 0.4) is 0 Å². The predicted octanol–water partition coefficient (Wildman–Crippen LogP) is 2.04. The first kappa shape index (κ1) is 17.0. The van der Waals surface area contributed by atoms with Crippen LogP contribution in [0, 0.1) is 5.82 Å². The molecule has 138 valence electrons. The number of aromatic amines is 1. The summed E-state index contributed by atoms with van der Waals surface area (Å²) in [6.07, 6.45) is 3.72. The zero-order valence-electron chi connectivity index (χ0n) is 14.4. The minimum absolute atomic E-state index is 0.182. The van der Waals surface area contributed by atoms with Crippen molar-refractivity contribution in [3.63, 3.8) is 0 Å². The van der Waals surface area contributed by atoms with Crippen LogP contribution in [0.2, 0.25) is 0 Å². The number of carbonyl (C=O) groups is 2. The molecule has 0 atom stereocenters. The topological polar surface area (TPSA) is 95.9 Å². The fraction of sp³-hybridized carbons (Fsp3) is 0.222. The second kappa shape index (κ2) is 7.02. The fourth-order valence-electron chi connectivity index (χ4n) is 3.11. The Morgan fingerprint density at radius 2 is 2.11 bits per heavy atom. The molecule has 0 saturated carbocycles. The van der Waals surface area contributed by atoms with E-state index < -0.39 is 11.7 Å². The van der Waals surface area contributed by atoms with Gasteiger partial charge in [0.05, 0.1) is 24.0 Å². The normalized spacial score (nSPS) is 13.7. The van der Waals surface area contributed by atoms with Gasteiger partial charge in [0, 0.05) is 25.0 Å². The molecule has 1 aliphatic heterocycles. The van der Waals surface area contributed by atoms with Crippen molar-refractivity contribution in [1.29, 1.82) is 0 Å². The Kier molecular flexibility index (Phi) is 4.41. The van der Waals surface area contributed by atoms with E-state index >= 15 is 0 Å². The highest BCUT2D eigenvalue weighted by atomic mass is 19.1. The average molecular weight is 368 g/mol. The first-order chi connectivity index (χ1) is 13.1.